The van der Waals surface area contributed by atoms with Gasteiger partial charge in [-0.3, -0.25) is 14.4 Å². The average molecular weight is 611 g/mol. The Kier molecular flexibility index (Phi) is 11.0. The first-order valence-electron chi connectivity index (χ1n) is 13.6. The minimum atomic E-state index is -4.84. The number of Topliss-reactive ketones (excluding diaryl/α,β-unsaturated/α-hetero) is 1. The van der Waals surface area contributed by atoms with Crippen molar-refractivity contribution >= 4 is 39.9 Å². The number of nitrogens with one attached hydrogen (secondary N) is 2. The third kappa shape index (κ3) is 10.7. The molecule has 9 nitrogen and oxygen atoms in total. The largest absolute Gasteiger partial charge is 0.449 e. The maximum atomic E-state index is 12.5. The molecule has 4 aromatic rings. The summed E-state index contributed by atoms with van der Waals surface area (Å²) in [4.78, 5) is 35.8. The molecule has 2 N–H and O–H groups in total. The molecule has 0 fully saturated rings. The fraction of sp³-hybridized carbons (Fsp3) is 0.300. The van der Waals surface area contributed by atoms with Crippen LogP contribution in [0.2, 0.25) is 0 Å². The third-order valence-electron chi connectivity index (χ3n) is 6.29. The molecule has 0 radical (unpaired) electrons. The number of aromatic nitrogens is 4. The summed E-state index contributed by atoms with van der Waals surface area (Å²) in [6.07, 6.45) is -2.23. The molecule has 43 heavy (non-hydrogen) atoms. The smallest absolute Gasteiger partial charge is 0.309 e. The van der Waals surface area contributed by atoms with Crippen LogP contribution in [0.25, 0.3) is 0 Å². The van der Waals surface area contributed by atoms with Gasteiger partial charge in [0.25, 0.3) is 0 Å². The highest BCUT2D eigenvalue weighted by Gasteiger charge is 2.37. The Labute approximate surface area is 250 Å². The van der Waals surface area contributed by atoms with E-state index in [0.717, 1.165) is 29.1 Å². The van der Waals surface area contributed by atoms with Crippen molar-refractivity contribution in [1.29, 1.82) is 0 Å². The van der Waals surface area contributed by atoms with Gasteiger partial charge in [0.15, 0.2) is 5.82 Å². The Bertz CT molecular complexity index is 1530. The highest BCUT2D eigenvalue weighted by atomic mass is 32.1. The van der Waals surface area contributed by atoms with Crippen LogP contribution in [0.15, 0.2) is 66.7 Å². The Balaban J connectivity index is 1.15. The summed E-state index contributed by atoms with van der Waals surface area (Å²) in [6.45, 7) is 0. The second kappa shape index (κ2) is 15.1. The van der Waals surface area contributed by atoms with Gasteiger partial charge in [-0.1, -0.05) is 65.9 Å². The molecular weight excluding hydrogens is 581 g/mol. The number of amides is 2. The summed E-state index contributed by atoms with van der Waals surface area (Å²) in [6, 6.07) is 19.6. The molecule has 0 spiro atoms. The van der Waals surface area contributed by atoms with E-state index in [4.69, 9.17) is 0 Å². The van der Waals surface area contributed by atoms with Gasteiger partial charge in [-0.05, 0) is 54.5 Å². The van der Waals surface area contributed by atoms with Crippen LogP contribution in [0.4, 0.5) is 24.1 Å². The van der Waals surface area contributed by atoms with Gasteiger partial charge in [0.2, 0.25) is 22.7 Å². The summed E-state index contributed by atoms with van der Waals surface area (Å²) in [5.74, 6) is -1.86. The number of hydrogen-bond acceptors (Lipinski definition) is 8. The number of carbonyl (C=O) groups excluding carboxylic acids is 3. The Hall–Kier alpha value is -4.52. The van der Waals surface area contributed by atoms with Crippen LogP contribution >= 0.6 is 11.3 Å². The fourth-order valence-electron chi connectivity index (χ4n) is 4.16. The van der Waals surface area contributed by atoms with Crippen molar-refractivity contribution in [2.24, 2.45) is 0 Å². The van der Waals surface area contributed by atoms with Gasteiger partial charge in [-0.2, -0.15) is 18.3 Å². The van der Waals surface area contributed by atoms with Crippen molar-refractivity contribution < 1.29 is 27.6 Å². The van der Waals surface area contributed by atoms with Crippen molar-refractivity contribution in [2.45, 2.75) is 57.5 Å². The number of alkyl halides is 3. The minimum absolute atomic E-state index is 0.00645. The van der Waals surface area contributed by atoms with Crippen molar-refractivity contribution in [2.75, 3.05) is 10.6 Å². The molecule has 0 atom stereocenters. The molecule has 2 aromatic carbocycles. The van der Waals surface area contributed by atoms with E-state index in [1.807, 2.05) is 36.4 Å². The van der Waals surface area contributed by atoms with Gasteiger partial charge in [-0.25, -0.2) is 0 Å². The van der Waals surface area contributed by atoms with Crippen LogP contribution in [0.5, 0.6) is 0 Å². The maximum Gasteiger partial charge on any atom is 0.449 e. The van der Waals surface area contributed by atoms with Gasteiger partial charge < -0.3 is 10.6 Å². The molecule has 4 rings (SSSR count). The lowest BCUT2D eigenvalue weighted by molar-refractivity contribution is -0.171. The quantitative estimate of drug-likeness (QED) is 0.185. The van der Waals surface area contributed by atoms with E-state index < -0.39 is 18.4 Å². The zero-order valence-electron chi connectivity index (χ0n) is 23.1. The van der Waals surface area contributed by atoms with E-state index in [9.17, 15) is 27.6 Å². The maximum absolute atomic E-state index is 12.5. The van der Waals surface area contributed by atoms with E-state index >= 15 is 0 Å². The summed E-state index contributed by atoms with van der Waals surface area (Å²) >= 11 is 1.28. The summed E-state index contributed by atoms with van der Waals surface area (Å²) in [5.41, 5.74) is 2.89. The van der Waals surface area contributed by atoms with Gasteiger partial charge in [-0.15, -0.1) is 15.3 Å². The molecule has 0 aliphatic rings. The molecule has 0 saturated heterocycles. The molecule has 0 saturated carbocycles. The number of anilines is 2. The predicted octanol–water partition coefficient (Wildman–Crippen LogP) is 5.32. The van der Waals surface area contributed by atoms with Crippen LogP contribution < -0.4 is 10.6 Å². The first-order valence-corrected chi connectivity index (χ1v) is 14.4. The molecule has 2 aromatic heterocycles. The fourth-order valence-corrected chi connectivity index (χ4v) is 4.96. The zero-order chi connectivity index (χ0) is 30.7. The first kappa shape index (κ1) is 31.4. The van der Waals surface area contributed by atoms with Crippen molar-refractivity contribution in [3.8, 4) is 0 Å². The minimum Gasteiger partial charge on any atom is -0.309 e. The van der Waals surface area contributed by atoms with E-state index in [2.05, 4.69) is 31.0 Å². The van der Waals surface area contributed by atoms with Crippen LogP contribution in [0.3, 0.4) is 0 Å². The average Bonchev–Trinajstić information content (AvgIpc) is 3.41. The summed E-state index contributed by atoms with van der Waals surface area (Å²) in [7, 11) is 0. The number of hydrogen-bond donors (Lipinski definition) is 2. The molecule has 2 heterocycles. The zero-order valence-corrected chi connectivity index (χ0v) is 23.9. The second-order valence-corrected chi connectivity index (χ2v) is 10.9. The van der Waals surface area contributed by atoms with E-state index in [-0.39, 0.29) is 31.1 Å². The third-order valence-corrected chi connectivity index (χ3v) is 7.19. The summed E-state index contributed by atoms with van der Waals surface area (Å²) in [5, 5.41) is 23.0. The molecule has 0 aliphatic heterocycles. The molecular formula is C30H29F3N6O3S. The number of nitrogens with zero attached hydrogens (tertiary/aromatic N) is 4. The van der Waals surface area contributed by atoms with Crippen LogP contribution in [0, 0.1) is 0 Å². The van der Waals surface area contributed by atoms with Gasteiger partial charge in [0, 0.05) is 12.8 Å². The number of aryl methyl sites for hydroxylation is 3. The van der Waals surface area contributed by atoms with Crippen molar-refractivity contribution in [1.82, 2.24) is 20.4 Å². The van der Waals surface area contributed by atoms with Crippen LogP contribution in [-0.4, -0.2) is 44.2 Å². The first-order chi connectivity index (χ1) is 20.6. The second-order valence-electron chi connectivity index (χ2n) is 9.79. The topological polar surface area (TPSA) is 127 Å². The molecule has 224 valence electrons. The number of carbonyl (C=O) groups is 3. The molecule has 2 amide bonds. The van der Waals surface area contributed by atoms with Gasteiger partial charge in [0.1, 0.15) is 5.01 Å². The lowest BCUT2D eigenvalue weighted by Crippen LogP contribution is -2.22. The highest BCUT2D eigenvalue weighted by Crippen LogP contribution is 2.21. The normalized spacial score (nSPS) is 11.2. The number of unbranched alkanes of at least 4 members (excludes halogenated alkanes) is 1. The molecule has 13 heteroatoms. The van der Waals surface area contributed by atoms with Gasteiger partial charge in [0.05, 0.1) is 18.5 Å². The van der Waals surface area contributed by atoms with Crippen LogP contribution in [-0.2, 0) is 46.5 Å². The van der Waals surface area contributed by atoms with Crippen LogP contribution in [0.1, 0.15) is 46.7 Å². The van der Waals surface area contributed by atoms with Crippen molar-refractivity contribution in [3.63, 3.8) is 0 Å². The standard InChI is InChI=1S/C30H29F3N6O3S/c31-30(32,33)24(40)15-13-21-9-6-10-22(17-21)19-27(42)35-29-39-38-28(43-29)12-5-4-11-23-14-16-25(37-36-23)34-26(41)18-20-7-2-1-3-8-20/h1-3,6-10,14,16-17H,4-5,11-13,15,18-19H2,(H,34,37,41)(H,35,39,42). The van der Waals surface area contributed by atoms with E-state index in [1.54, 1.807) is 30.3 Å². The molecule has 0 bridgehead atoms. The Morgan fingerprint density at radius 2 is 1.40 bits per heavy atom. The lowest BCUT2D eigenvalue weighted by Gasteiger charge is -2.07. The lowest BCUT2D eigenvalue weighted by atomic mass is 10.0. The monoisotopic (exact) mass is 610 g/mol. The van der Waals surface area contributed by atoms with Crippen molar-refractivity contribution in [3.05, 3.63) is 94.1 Å². The van der Waals surface area contributed by atoms with E-state index in [1.165, 1.54) is 11.3 Å². The van der Waals surface area contributed by atoms with Gasteiger partial charge >= 0.3 is 6.18 Å². The number of halogens is 3. The van der Waals surface area contributed by atoms with E-state index in [0.29, 0.717) is 34.9 Å². The molecule has 0 unspecified atom stereocenters. The predicted molar refractivity (Wildman–Crippen MR) is 156 cm³/mol. The Morgan fingerprint density at radius 1 is 0.698 bits per heavy atom. The number of ketones is 1. The molecule has 0 aliphatic carbocycles. The highest BCUT2D eigenvalue weighted by molar-refractivity contribution is 7.15. The number of benzene rings is 2. The number of rotatable bonds is 14. The SMILES string of the molecule is O=C(Cc1ccccc1)Nc1ccc(CCCCc2nnc(NC(=O)Cc3cccc(CCC(=O)C(F)(F)F)c3)s2)nn1. The Morgan fingerprint density at radius 3 is 2.14 bits per heavy atom. The summed E-state index contributed by atoms with van der Waals surface area (Å²) < 4.78 is 37.3.